The molecular formula is C15H17BrF3NOS. The van der Waals surface area contributed by atoms with E-state index in [0.717, 1.165) is 16.4 Å². The normalized spacial score (nSPS) is 18.0. The summed E-state index contributed by atoms with van der Waals surface area (Å²) in [6, 6.07) is 4.03. The fourth-order valence-electron chi connectivity index (χ4n) is 2.64. The number of halogens is 4. The van der Waals surface area contributed by atoms with Crippen molar-refractivity contribution in [1.82, 2.24) is 4.90 Å². The Hall–Kier alpha value is -0.690. The van der Waals surface area contributed by atoms with E-state index in [4.69, 9.17) is 0 Å². The van der Waals surface area contributed by atoms with Crippen LogP contribution in [0.1, 0.15) is 24.4 Å². The molecule has 2 rings (SSSR count). The number of carbonyl (C=O) groups is 1. The van der Waals surface area contributed by atoms with Crippen LogP contribution < -0.4 is 0 Å². The second-order valence-electron chi connectivity index (χ2n) is 5.33. The molecule has 1 aromatic rings. The Morgan fingerprint density at radius 1 is 1.27 bits per heavy atom. The van der Waals surface area contributed by atoms with E-state index in [1.165, 1.54) is 19.2 Å². The van der Waals surface area contributed by atoms with E-state index >= 15 is 0 Å². The number of alkyl halides is 3. The molecule has 0 N–H and O–H groups in total. The van der Waals surface area contributed by atoms with Crippen LogP contribution in [-0.4, -0.2) is 35.5 Å². The summed E-state index contributed by atoms with van der Waals surface area (Å²) in [4.78, 5) is 13.3. The maximum Gasteiger partial charge on any atom is 0.413 e. The maximum atomic E-state index is 13.5. The third kappa shape index (κ3) is 4.19. The van der Waals surface area contributed by atoms with Crippen molar-refractivity contribution >= 4 is 33.6 Å². The molecule has 0 bridgehead atoms. The highest BCUT2D eigenvalue weighted by atomic mass is 79.9. The van der Waals surface area contributed by atoms with Crippen molar-refractivity contribution in [3.63, 3.8) is 0 Å². The van der Waals surface area contributed by atoms with Crippen LogP contribution in [0.25, 0.3) is 0 Å². The highest BCUT2D eigenvalue weighted by Crippen LogP contribution is 2.39. The molecule has 1 aliphatic heterocycles. The highest BCUT2D eigenvalue weighted by molar-refractivity contribution is 9.10. The van der Waals surface area contributed by atoms with Crippen LogP contribution in [0.3, 0.4) is 0 Å². The molecule has 0 radical (unpaired) electrons. The molecule has 1 heterocycles. The predicted molar refractivity (Wildman–Crippen MR) is 85.8 cm³/mol. The quantitative estimate of drug-likeness (QED) is 0.741. The number of hydrogen-bond acceptors (Lipinski definition) is 2. The number of carbonyl (C=O) groups excluding carboxylic acids is 1. The molecule has 1 aromatic carbocycles. The molecule has 2 nitrogen and oxygen atoms in total. The first-order valence-electron chi connectivity index (χ1n) is 6.97. The summed E-state index contributed by atoms with van der Waals surface area (Å²) in [6.45, 7) is 0. The van der Waals surface area contributed by atoms with Gasteiger partial charge in [-0.15, -0.1) is 0 Å². The van der Waals surface area contributed by atoms with Crippen molar-refractivity contribution in [2.45, 2.75) is 25.1 Å². The lowest BCUT2D eigenvalue weighted by atomic mass is 9.98. The van der Waals surface area contributed by atoms with Crippen LogP contribution in [0.2, 0.25) is 0 Å². The number of nitrogens with zero attached hydrogens (tertiary/aromatic N) is 1. The lowest BCUT2D eigenvalue weighted by molar-refractivity contribution is -0.190. The topological polar surface area (TPSA) is 20.3 Å². The zero-order valence-electron chi connectivity index (χ0n) is 12.1. The van der Waals surface area contributed by atoms with Gasteiger partial charge in [0.1, 0.15) is 0 Å². The van der Waals surface area contributed by atoms with Gasteiger partial charge in [-0.05, 0) is 42.0 Å². The average Bonchev–Trinajstić information content (AvgIpc) is 2.48. The van der Waals surface area contributed by atoms with E-state index in [1.807, 2.05) is 0 Å². The number of hydrogen-bond donors (Lipinski definition) is 0. The fraction of sp³-hybridized carbons (Fsp3) is 0.533. The summed E-state index contributed by atoms with van der Waals surface area (Å²) in [5, 5.41) is 0. The third-order valence-electron chi connectivity index (χ3n) is 3.80. The Kier molecular flexibility index (Phi) is 5.82. The second-order valence-corrected chi connectivity index (χ2v) is 7.47. The molecule has 1 amide bonds. The number of thioether (sulfide) groups is 1. The van der Waals surface area contributed by atoms with E-state index in [0.29, 0.717) is 17.3 Å². The molecule has 0 aliphatic carbocycles. The van der Waals surface area contributed by atoms with Gasteiger partial charge in [-0.1, -0.05) is 28.1 Å². The maximum absolute atomic E-state index is 13.5. The van der Waals surface area contributed by atoms with Crippen molar-refractivity contribution in [3.05, 3.63) is 34.3 Å². The summed E-state index contributed by atoms with van der Waals surface area (Å²) >= 11 is 4.95. The number of benzene rings is 1. The van der Waals surface area contributed by atoms with Gasteiger partial charge in [0.05, 0.1) is 0 Å². The van der Waals surface area contributed by atoms with Gasteiger partial charge < -0.3 is 4.90 Å². The first-order chi connectivity index (χ1) is 10.3. The van der Waals surface area contributed by atoms with Gasteiger partial charge in [-0.2, -0.15) is 24.9 Å². The van der Waals surface area contributed by atoms with Crippen molar-refractivity contribution in [2.24, 2.45) is 5.92 Å². The number of amides is 1. The first-order valence-corrected chi connectivity index (χ1v) is 8.92. The van der Waals surface area contributed by atoms with E-state index in [2.05, 4.69) is 15.9 Å². The van der Waals surface area contributed by atoms with Crippen molar-refractivity contribution < 1.29 is 18.0 Å². The van der Waals surface area contributed by atoms with Crippen LogP contribution >= 0.6 is 27.7 Å². The lowest BCUT2D eigenvalue weighted by Gasteiger charge is -2.34. The molecule has 1 atom stereocenters. The van der Waals surface area contributed by atoms with Gasteiger partial charge >= 0.3 is 6.18 Å². The molecule has 0 spiro atoms. The van der Waals surface area contributed by atoms with Crippen LogP contribution in [0.5, 0.6) is 0 Å². The molecule has 1 fully saturated rings. The van der Waals surface area contributed by atoms with Crippen LogP contribution in [0.15, 0.2) is 28.7 Å². The second kappa shape index (κ2) is 7.25. The number of rotatable bonds is 3. The molecule has 0 aromatic heterocycles. The SMILES string of the molecule is CN(C(=O)C1CCSCC1)[C@@H](c1ccc(Br)cc1)C(F)(F)F. The summed E-state index contributed by atoms with van der Waals surface area (Å²) in [7, 11) is 1.25. The third-order valence-corrected chi connectivity index (χ3v) is 5.38. The van der Waals surface area contributed by atoms with E-state index in [1.54, 1.807) is 23.9 Å². The van der Waals surface area contributed by atoms with Gasteiger partial charge in [-0.3, -0.25) is 4.79 Å². The zero-order chi connectivity index (χ0) is 16.3. The van der Waals surface area contributed by atoms with Crippen LogP contribution in [0, 0.1) is 5.92 Å². The molecule has 7 heteroatoms. The smallest absolute Gasteiger partial charge is 0.330 e. The first kappa shape index (κ1) is 17.7. The monoisotopic (exact) mass is 395 g/mol. The molecule has 0 unspecified atom stereocenters. The van der Waals surface area contributed by atoms with Gasteiger partial charge in [0.15, 0.2) is 6.04 Å². The predicted octanol–water partition coefficient (Wildman–Crippen LogP) is 4.65. The average molecular weight is 396 g/mol. The minimum Gasteiger partial charge on any atom is -0.330 e. The summed E-state index contributed by atoms with van der Waals surface area (Å²) in [5.74, 6) is 0.954. The van der Waals surface area contributed by atoms with Crippen molar-refractivity contribution in [1.29, 1.82) is 0 Å². The Morgan fingerprint density at radius 2 is 1.82 bits per heavy atom. The molecule has 1 saturated heterocycles. The largest absolute Gasteiger partial charge is 0.413 e. The molecule has 22 heavy (non-hydrogen) atoms. The lowest BCUT2D eigenvalue weighted by Crippen LogP contribution is -2.43. The Balaban J connectivity index is 2.24. The van der Waals surface area contributed by atoms with Gasteiger partial charge in [0.2, 0.25) is 5.91 Å². The van der Waals surface area contributed by atoms with Crippen LogP contribution in [-0.2, 0) is 4.79 Å². The molecule has 1 aliphatic rings. The zero-order valence-corrected chi connectivity index (χ0v) is 14.5. The fourth-order valence-corrected chi connectivity index (χ4v) is 4.01. The summed E-state index contributed by atoms with van der Waals surface area (Å²) < 4.78 is 41.1. The minimum atomic E-state index is -4.50. The minimum absolute atomic E-state index is 0.0803. The van der Waals surface area contributed by atoms with E-state index in [-0.39, 0.29) is 11.5 Å². The molecule has 0 saturated carbocycles. The molecule has 122 valence electrons. The molecular weight excluding hydrogens is 379 g/mol. The Labute approximate surface area is 140 Å². The highest BCUT2D eigenvalue weighted by Gasteiger charge is 2.46. The van der Waals surface area contributed by atoms with Crippen LogP contribution in [0.4, 0.5) is 13.2 Å². The van der Waals surface area contributed by atoms with Gasteiger partial charge in [-0.25, -0.2) is 0 Å². The Morgan fingerprint density at radius 3 is 2.32 bits per heavy atom. The summed E-state index contributed by atoms with van der Waals surface area (Å²) in [6.07, 6.45) is -3.20. The van der Waals surface area contributed by atoms with Gasteiger partial charge in [0, 0.05) is 17.4 Å². The van der Waals surface area contributed by atoms with E-state index < -0.39 is 18.1 Å². The summed E-state index contributed by atoms with van der Waals surface area (Å²) in [5.41, 5.74) is 0.0803. The van der Waals surface area contributed by atoms with Crippen molar-refractivity contribution in [3.8, 4) is 0 Å². The van der Waals surface area contributed by atoms with Gasteiger partial charge in [0.25, 0.3) is 0 Å². The standard InChI is InChI=1S/C15H17BrF3NOS/c1-20(14(21)11-6-8-22-9-7-11)13(15(17,18)19)10-2-4-12(16)5-3-10/h2-5,11,13H,6-9H2,1H3/t13-/m0/s1. The van der Waals surface area contributed by atoms with Crippen molar-refractivity contribution in [2.75, 3.05) is 18.6 Å². The van der Waals surface area contributed by atoms with E-state index in [9.17, 15) is 18.0 Å². The Bertz CT molecular complexity index is 515.